The summed E-state index contributed by atoms with van der Waals surface area (Å²) < 4.78 is 0. The average Bonchev–Trinajstić information content (AvgIpc) is 3.25. The molecule has 1 saturated heterocycles. The molecule has 0 spiro atoms. The lowest BCUT2D eigenvalue weighted by Gasteiger charge is -2.23. The van der Waals surface area contributed by atoms with Gasteiger partial charge in [0.1, 0.15) is 0 Å². The number of rotatable bonds is 3. The van der Waals surface area contributed by atoms with Gasteiger partial charge in [0.25, 0.3) is 0 Å². The minimum absolute atomic E-state index is 0.0904. The summed E-state index contributed by atoms with van der Waals surface area (Å²) in [6.45, 7) is 1.30. The van der Waals surface area contributed by atoms with E-state index in [9.17, 15) is 14.7 Å². The number of likely N-dealkylation sites (tertiary alicyclic amines) is 1. The van der Waals surface area contributed by atoms with E-state index in [0.717, 1.165) is 29.3 Å². The Bertz CT molecular complexity index is 800. The minimum atomic E-state index is -0.753. The van der Waals surface area contributed by atoms with Gasteiger partial charge < -0.3 is 20.3 Å². The molecule has 0 radical (unpaired) electrons. The highest BCUT2D eigenvalue weighted by Gasteiger charge is 2.55. The van der Waals surface area contributed by atoms with Gasteiger partial charge in [-0.25, -0.2) is 4.79 Å². The van der Waals surface area contributed by atoms with Crippen LogP contribution in [-0.2, 0) is 11.3 Å². The van der Waals surface area contributed by atoms with Crippen molar-refractivity contribution in [3.8, 4) is 0 Å². The zero-order valence-corrected chi connectivity index (χ0v) is 13.4. The normalized spacial score (nSPS) is 25.8. The van der Waals surface area contributed by atoms with Crippen molar-refractivity contribution in [2.75, 3.05) is 13.1 Å². The number of aliphatic carboxylic acids is 1. The summed E-state index contributed by atoms with van der Waals surface area (Å²) in [6.07, 6.45) is 4.41. The Morgan fingerprint density at radius 3 is 3.04 bits per heavy atom. The second-order valence-corrected chi connectivity index (χ2v) is 6.95. The summed E-state index contributed by atoms with van der Waals surface area (Å²) in [7, 11) is 0. The maximum absolute atomic E-state index is 12.5. The third-order valence-electron chi connectivity index (χ3n) is 5.69. The van der Waals surface area contributed by atoms with Crippen molar-refractivity contribution in [2.45, 2.75) is 25.8 Å². The average molecular weight is 327 g/mol. The Morgan fingerprint density at radius 2 is 2.25 bits per heavy atom. The molecule has 0 bridgehead atoms. The molecule has 2 aliphatic rings. The topological polar surface area (TPSA) is 85.4 Å². The number of aromatic nitrogens is 1. The number of hydrogen-bond donors (Lipinski definition) is 3. The van der Waals surface area contributed by atoms with Crippen molar-refractivity contribution < 1.29 is 14.7 Å². The predicted molar refractivity (Wildman–Crippen MR) is 89.5 cm³/mol. The number of nitrogens with zero attached hydrogens (tertiary/aromatic N) is 1. The van der Waals surface area contributed by atoms with Crippen LogP contribution in [0.2, 0.25) is 0 Å². The maximum atomic E-state index is 12.5. The molecule has 6 nitrogen and oxygen atoms in total. The Hall–Kier alpha value is -2.50. The molecule has 6 heteroatoms. The standard InChI is InChI=1S/C18H21N3O3/c22-16(23)18-7-2-5-14(18)10-21(11-18)17(24)20-9-13-4-1-3-12-6-8-19-15(12)13/h1,3-4,6,8,14,19H,2,5,7,9-11H2,(H,20,24)(H,22,23)/t14-,18+/m0/s1. The van der Waals surface area contributed by atoms with Gasteiger partial charge in [-0.2, -0.15) is 0 Å². The number of fused-ring (bicyclic) bond motifs is 2. The van der Waals surface area contributed by atoms with E-state index in [2.05, 4.69) is 10.3 Å². The largest absolute Gasteiger partial charge is 0.481 e. The Morgan fingerprint density at radius 1 is 1.38 bits per heavy atom. The van der Waals surface area contributed by atoms with Gasteiger partial charge >= 0.3 is 12.0 Å². The van der Waals surface area contributed by atoms with Gasteiger partial charge in [-0.3, -0.25) is 4.79 Å². The van der Waals surface area contributed by atoms with Crippen LogP contribution in [0.15, 0.2) is 30.5 Å². The molecule has 126 valence electrons. The molecule has 1 aromatic heterocycles. The number of benzene rings is 1. The predicted octanol–water partition coefficient (Wildman–Crippen LogP) is 2.56. The summed E-state index contributed by atoms with van der Waals surface area (Å²) in [5.74, 6) is -0.663. The summed E-state index contributed by atoms with van der Waals surface area (Å²) in [4.78, 5) is 29.1. The Balaban J connectivity index is 1.44. The van der Waals surface area contributed by atoms with Gasteiger partial charge in [0.2, 0.25) is 0 Å². The first-order valence-electron chi connectivity index (χ1n) is 8.41. The summed E-state index contributed by atoms with van der Waals surface area (Å²) >= 11 is 0. The van der Waals surface area contributed by atoms with Gasteiger partial charge in [0.15, 0.2) is 0 Å². The van der Waals surface area contributed by atoms with E-state index in [0.29, 0.717) is 26.1 Å². The molecule has 2 heterocycles. The highest BCUT2D eigenvalue weighted by atomic mass is 16.4. The molecule has 2 fully saturated rings. The molecule has 2 atom stereocenters. The molecule has 1 saturated carbocycles. The number of amides is 2. The van der Waals surface area contributed by atoms with Gasteiger partial charge in [-0.1, -0.05) is 24.6 Å². The first-order valence-corrected chi connectivity index (χ1v) is 8.41. The second-order valence-electron chi connectivity index (χ2n) is 6.95. The van der Waals surface area contributed by atoms with E-state index in [1.807, 2.05) is 30.5 Å². The number of carboxylic acid groups (broad SMARTS) is 1. The van der Waals surface area contributed by atoms with Crippen LogP contribution in [0.3, 0.4) is 0 Å². The van der Waals surface area contributed by atoms with Crippen molar-refractivity contribution in [2.24, 2.45) is 11.3 Å². The highest BCUT2D eigenvalue weighted by molar-refractivity contribution is 5.84. The van der Waals surface area contributed by atoms with Crippen molar-refractivity contribution in [3.63, 3.8) is 0 Å². The van der Waals surface area contributed by atoms with Crippen LogP contribution in [0.4, 0.5) is 4.79 Å². The summed E-state index contributed by atoms with van der Waals surface area (Å²) in [5, 5.41) is 13.7. The van der Waals surface area contributed by atoms with Crippen LogP contribution in [0.5, 0.6) is 0 Å². The fourth-order valence-corrected chi connectivity index (χ4v) is 4.37. The molecule has 0 unspecified atom stereocenters. The fraction of sp³-hybridized carbons (Fsp3) is 0.444. The molecule has 4 rings (SSSR count). The van der Waals surface area contributed by atoms with Crippen molar-refractivity contribution in [3.05, 3.63) is 36.0 Å². The highest BCUT2D eigenvalue weighted by Crippen LogP contribution is 2.48. The monoisotopic (exact) mass is 327 g/mol. The number of nitrogens with one attached hydrogen (secondary N) is 2. The lowest BCUT2D eigenvalue weighted by Crippen LogP contribution is -2.41. The molecule has 2 amide bonds. The van der Waals surface area contributed by atoms with Crippen LogP contribution < -0.4 is 5.32 Å². The van der Waals surface area contributed by atoms with E-state index in [-0.39, 0.29) is 11.9 Å². The van der Waals surface area contributed by atoms with E-state index < -0.39 is 11.4 Å². The van der Waals surface area contributed by atoms with E-state index >= 15 is 0 Å². The van der Waals surface area contributed by atoms with Crippen LogP contribution in [-0.4, -0.2) is 40.1 Å². The van der Waals surface area contributed by atoms with Crippen LogP contribution in [0.1, 0.15) is 24.8 Å². The molecular weight excluding hydrogens is 306 g/mol. The number of carboxylic acids is 1. The Labute approximate surface area is 139 Å². The van der Waals surface area contributed by atoms with Crippen molar-refractivity contribution in [1.29, 1.82) is 0 Å². The Kier molecular flexibility index (Phi) is 3.48. The van der Waals surface area contributed by atoms with E-state index in [1.54, 1.807) is 4.90 Å². The first-order chi connectivity index (χ1) is 11.6. The van der Waals surface area contributed by atoms with Crippen LogP contribution in [0, 0.1) is 11.3 Å². The number of carbonyl (C=O) groups is 2. The molecule has 24 heavy (non-hydrogen) atoms. The van der Waals surface area contributed by atoms with Crippen LogP contribution >= 0.6 is 0 Å². The zero-order valence-electron chi connectivity index (χ0n) is 13.4. The maximum Gasteiger partial charge on any atom is 0.317 e. The molecule has 1 aliphatic heterocycles. The number of H-pyrrole nitrogens is 1. The third-order valence-corrected chi connectivity index (χ3v) is 5.69. The number of aromatic amines is 1. The molecule has 2 aromatic rings. The fourth-order valence-electron chi connectivity index (χ4n) is 4.37. The number of hydrogen-bond acceptors (Lipinski definition) is 2. The van der Waals surface area contributed by atoms with Gasteiger partial charge in [0.05, 0.1) is 10.9 Å². The van der Waals surface area contributed by atoms with Crippen LogP contribution in [0.25, 0.3) is 10.9 Å². The second kappa shape index (κ2) is 5.54. The molecular formula is C18H21N3O3. The number of carbonyl (C=O) groups excluding carboxylic acids is 1. The van der Waals surface area contributed by atoms with Crippen molar-refractivity contribution >= 4 is 22.9 Å². The quantitative estimate of drug-likeness (QED) is 0.810. The minimum Gasteiger partial charge on any atom is -0.481 e. The van der Waals surface area contributed by atoms with E-state index in [4.69, 9.17) is 0 Å². The first kappa shape index (κ1) is 15.1. The molecule has 1 aromatic carbocycles. The summed E-state index contributed by atoms with van der Waals surface area (Å²) in [6, 6.07) is 7.80. The zero-order chi connectivity index (χ0) is 16.7. The lowest BCUT2D eigenvalue weighted by molar-refractivity contribution is -0.149. The van der Waals surface area contributed by atoms with Gasteiger partial charge in [-0.15, -0.1) is 0 Å². The smallest absolute Gasteiger partial charge is 0.317 e. The molecule has 1 aliphatic carbocycles. The lowest BCUT2D eigenvalue weighted by atomic mass is 9.81. The number of para-hydroxylation sites is 1. The van der Waals surface area contributed by atoms with E-state index in [1.165, 1.54) is 0 Å². The van der Waals surface area contributed by atoms with Gasteiger partial charge in [-0.05, 0) is 35.8 Å². The third kappa shape index (κ3) is 2.25. The van der Waals surface area contributed by atoms with Gasteiger partial charge in [0, 0.05) is 25.8 Å². The molecule has 3 N–H and O–H groups in total. The number of urea groups is 1. The van der Waals surface area contributed by atoms with Crippen molar-refractivity contribution in [1.82, 2.24) is 15.2 Å². The SMILES string of the molecule is O=C(NCc1cccc2cc[nH]c12)N1C[C@@H]2CCC[C@@]2(C(=O)O)C1. The summed E-state index contributed by atoms with van der Waals surface area (Å²) in [5.41, 5.74) is 1.33.